The van der Waals surface area contributed by atoms with Crippen molar-refractivity contribution < 1.29 is 9.90 Å². The molecule has 0 atom stereocenters. The lowest BCUT2D eigenvalue weighted by atomic mass is 9.94. The van der Waals surface area contributed by atoms with E-state index in [1.165, 1.54) is 24.1 Å². The third kappa shape index (κ3) is 3.21. The highest BCUT2D eigenvalue weighted by atomic mass is 16.4. The van der Waals surface area contributed by atoms with Gasteiger partial charge in [0.2, 0.25) is 5.69 Å². The Balaban J connectivity index is 1.95. The van der Waals surface area contributed by atoms with E-state index in [2.05, 4.69) is 10.2 Å². The van der Waals surface area contributed by atoms with Crippen LogP contribution in [0.25, 0.3) is 5.69 Å². The second-order valence-electron chi connectivity index (χ2n) is 6.21. The van der Waals surface area contributed by atoms with E-state index in [9.17, 15) is 9.90 Å². The maximum atomic E-state index is 11.6. The lowest BCUT2D eigenvalue weighted by Gasteiger charge is -2.31. The number of carboxylic acids is 1. The van der Waals surface area contributed by atoms with Crippen molar-refractivity contribution in [1.29, 1.82) is 0 Å². The number of aromatic carboxylic acids is 1. The number of carboxylic acid groups (broad SMARTS) is 1. The fraction of sp³-hybridized carbons (Fsp3) is 0.471. The quantitative estimate of drug-likeness (QED) is 0.939. The van der Waals surface area contributed by atoms with E-state index < -0.39 is 5.97 Å². The molecule has 0 aliphatic heterocycles. The molecular weight excluding hydrogens is 292 g/mol. The molecule has 6 heteroatoms. The van der Waals surface area contributed by atoms with Crippen LogP contribution in [0.1, 0.15) is 48.2 Å². The smallest absolute Gasteiger partial charge is 0.360 e. The molecule has 122 valence electrons. The number of hydrogen-bond donors (Lipinski definition) is 1. The number of anilines is 1. The maximum absolute atomic E-state index is 11.6. The molecule has 23 heavy (non-hydrogen) atoms. The van der Waals surface area contributed by atoms with Crippen molar-refractivity contribution in [3.05, 3.63) is 35.5 Å². The molecule has 0 saturated heterocycles. The molecule has 1 aliphatic carbocycles. The highest BCUT2D eigenvalue weighted by Crippen LogP contribution is 2.27. The second kappa shape index (κ2) is 6.40. The van der Waals surface area contributed by atoms with Crippen molar-refractivity contribution in [2.45, 2.75) is 45.1 Å². The van der Waals surface area contributed by atoms with Gasteiger partial charge in [-0.05, 0) is 31.9 Å². The molecule has 1 saturated carbocycles. The van der Waals surface area contributed by atoms with E-state index in [0.29, 0.717) is 11.9 Å². The molecule has 2 aromatic rings. The van der Waals surface area contributed by atoms with Crippen LogP contribution in [0.3, 0.4) is 0 Å². The van der Waals surface area contributed by atoms with Gasteiger partial charge in [0.15, 0.2) is 5.82 Å². The van der Waals surface area contributed by atoms with Crippen LogP contribution in [0.2, 0.25) is 0 Å². The fourth-order valence-electron chi connectivity index (χ4n) is 3.11. The molecule has 1 N–H and O–H groups in total. The average molecular weight is 314 g/mol. The lowest BCUT2D eigenvalue weighted by molar-refractivity contribution is 0.0690. The number of aromatic nitrogens is 3. The van der Waals surface area contributed by atoms with Gasteiger partial charge in [0.05, 0.1) is 5.69 Å². The van der Waals surface area contributed by atoms with Gasteiger partial charge in [-0.15, -0.1) is 15.0 Å². The van der Waals surface area contributed by atoms with E-state index in [4.69, 9.17) is 0 Å². The standard InChI is InChI=1S/C17H22N4O2/c1-12-8-10-14(11-9-12)21-18-15(17(22)23)16(19-21)20(2)13-6-4-3-5-7-13/h8-11,13H,3-7H2,1-2H3,(H,22,23). The SMILES string of the molecule is Cc1ccc(-n2nc(C(=O)O)c(N(C)C3CCCCC3)n2)cc1. The van der Waals surface area contributed by atoms with Gasteiger partial charge in [0, 0.05) is 13.1 Å². The Morgan fingerprint density at radius 2 is 1.83 bits per heavy atom. The molecule has 0 bridgehead atoms. The van der Waals surface area contributed by atoms with Gasteiger partial charge in [-0.2, -0.15) is 0 Å². The summed E-state index contributed by atoms with van der Waals surface area (Å²) in [6.07, 6.45) is 5.78. The van der Waals surface area contributed by atoms with Crippen molar-refractivity contribution in [1.82, 2.24) is 15.0 Å². The van der Waals surface area contributed by atoms with Crippen LogP contribution in [0, 0.1) is 6.92 Å². The summed E-state index contributed by atoms with van der Waals surface area (Å²) in [7, 11) is 1.92. The van der Waals surface area contributed by atoms with Gasteiger partial charge in [-0.3, -0.25) is 0 Å². The Kier molecular flexibility index (Phi) is 4.32. The zero-order chi connectivity index (χ0) is 16.4. The van der Waals surface area contributed by atoms with E-state index in [-0.39, 0.29) is 5.69 Å². The monoisotopic (exact) mass is 314 g/mol. The molecule has 0 radical (unpaired) electrons. The summed E-state index contributed by atoms with van der Waals surface area (Å²) in [5.74, 6) is -0.592. The minimum atomic E-state index is -1.04. The van der Waals surface area contributed by atoms with Gasteiger partial charge in [0.1, 0.15) is 0 Å². The number of rotatable bonds is 4. The van der Waals surface area contributed by atoms with E-state index in [1.54, 1.807) is 0 Å². The topological polar surface area (TPSA) is 71.2 Å². The van der Waals surface area contributed by atoms with Crippen LogP contribution >= 0.6 is 0 Å². The molecule has 1 heterocycles. The minimum Gasteiger partial charge on any atom is -0.476 e. The molecule has 1 aromatic heterocycles. The largest absolute Gasteiger partial charge is 0.476 e. The third-order valence-corrected chi connectivity index (χ3v) is 4.52. The molecule has 3 rings (SSSR count). The molecule has 0 unspecified atom stereocenters. The van der Waals surface area contributed by atoms with Gasteiger partial charge < -0.3 is 10.0 Å². The van der Waals surface area contributed by atoms with Crippen molar-refractivity contribution in [3.8, 4) is 5.69 Å². The Bertz CT molecular complexity index is 687. The van der Waals surface area contributed by atoms with Gasteiger partial charge in [-0.25, -0.2) is 4.79 Å². The molecule has 6 nitrogen and oxygen atoms in total. The first-order valence-electron chi connectivity index (χ1n) is 8.07. The van der Waals surface area contributed by atoms with Crippen molar-refractivity contribution in [2.75, 3.05) is 11.9 Å². The molecule has 1 aromatic carbocycles. The summed E-state index contributed by atoms with van der Waals surface area (Å²) in [5.41, 5.74) is 1.92. The molecule has 0 amide bonds. The van der Waals surface area contributed by atoms with Gasteiger partial charge in [0.25, 0.3) is 0 Å². The summed E-state index contributed by atoms with van der Waals surface area (Å²) in [6, 6.07) is 8.05. The Labute approximate surface area is 135 Å². The minimum absolute atomic E-state index is 0.0126. The molecular formula is C17H22N4O2. The van der Waals surface area contributed by atoms with Crippen LogP contribution in [0.5, 0.6) is 0 Å². The first kappa shape index (κ1) is 15.5. The predicted octanol–water partition coefficient (Wildman–Crippen LogP) is 3.04. The third-order valence-electron chi connectivity index (χ3n) is 4.52. The maximum Gasteiger partial charge on any atom is 0.360 e. The Morgan fingerprint density at radius 3 is 2.43 bits per heavy atom. The van der Waals surface area contributed by atoms with E-state index in [1.807, 2.05) is 43.1 Å². The first-order valence-corrected chi connectivity index (χ1v) is 8.07. The molecule has 0 spiro atoms. The number of benzene rings is 1. The summed E-state index contributed by atoms with van der Waals surface area (Å²) < 4.78 is 0. The Hall–Kier alpha value is -2.37. The summed E-state index contributed by atoms with van der Waals surface area (Å²) >= 11 is 0. The van der Waals surface area contributed by atoms with E-state index in [0.717, 1.165) is 24.1 Å². The lowest BCUT2D eigenvalue weighted by Crippen LogP contribution is -2.34. The van der Waals surface area contributed by atoms with Crippen molar-refractivity contribution in [2.24, 2.45) is 0 Å². The fourth-order valence-corrected chi connectivity index (χ4v) is 3.11. The number of aryl methyl sites for hydroxylation is 1. The zero-order valence-corrected chi connectivity index (χ0v) is 13.6. The van der Waals surface area contributed by atoms with Gasteiger partial charge >= 0.3 is 5.97 Å². The Morgan fingerprint density at radius 1 is 1.17 bits per heavy atom. The molecule has 1 fully saturated rings. The zero-order valence-electron chi connectivity index (χ0n) is 13.6. The number of carbonyl (C=O) groups is 1. The van der Waals surface area contributed by atoms with E-state index >= 15 is 0 Å². The molecule has 1 aliphatic rings. The summed E-state index contributed by atoms with van der Waals surface area (Å²) in [6.45, 7) is 2.01. The number of hydrogen-bond acceptors (Lipinski definition) is 4. The predicted molar refractivity (Wildman–Crippen MR) is 88.3 cm³/mol. The highest BCUT2D eigenvalue weighted by Gasteiger charge is 2.27. The van der Waals surface area contributed by atoms with Crippen LogP contribution in [-0.4, -0.2) is 39.2 Å². The van der Waals surface area contributed by atoms with Crippen molar-refractivity contribution in [3.63, 3.8) is 0 Å². The van der Waals surface area contributed by atoms with Gasteiger partial charge in [-0.1, -0.05) is 37.0 Å². The van der Waals surface area contributed by atoms with Crippen molar-refractivity contribution >= 4 is 11.8 Å². The highest BCUT2D eigenvalue weighted by molar-refractivity contribution is 5.91. The second-order valence-corrected chi connectivity index (χ2v) is 6.21. The van der Waals surface area contributed by atoms with Crippen LogP contribution in [0.15, 0.2) is 24.3 Å². The normalized spacial score (nSPS) is 15.6. The first-order chi connectivity index (χ1) is 11.1. The summed E-state index contributed by atoms with van der Waals surface area (Å²) in [4.78, 5) is 15.0. The van der Waals surface area contributed by atoms with Crippen LogP contribution in [-0.2, 0) is 0 Å². The van der Waals surface area contributed by atoms with Crippen LogP contribution in [0.4, 0.5) is 5.82 Å². The van der Waals surface area contributed by atoms with Crippen LogP contribution < -0.4 is 4.90 Å². The average Bonchev–Trinajstić information content (AvgIpc) is 3.01. The number of nitrogens with zero attached hydrogens (tertiary/aromatic N) is 4. The summed E-state index contributed by atoms with van der Waals surface area (Å²) in [5, 5.41) is 18.1.